The van der Waals surface area contributed by atoms with Crippen molar-refractivity contribution in [3.05, 3.63) is 35.9 Å². The average molecular weight is 492 g/mol. The van der Waals surface area contributed by atoms with Crippen molar-refractivity contribution in [2.24, 2.45) is 0 Å². The lowest BCUT2D eigenvalue weighted by atomic mass is 10.1. The first-order valence-corrected chi connectivity index (χ1v) is 11.7. The number of ether oxygens (including phenoxy) is 1. The Morgan fingerprint density at radius 2 is 2.06 bits per heavy atom. The maximum atomic E-state index is 10.4. The SMILES string of the molecule is C[C@H](CSc1nc2ccccc2[nH]1)Nc1nc(Cl)nc2c1ncn2[C@@H]1O[C@H](CO)C(O)C1O. The number of hydrogen-bond acceptors (Lipinski definition) is 10. The highest BCUT2D eigenvalue weighted by Crippen LogP contribution is 2.33. The fourth-order valence-electron chi connectivity index (χ4n) is 3.76. The molecule has 4 aromatic rings. The standard InChI is InChI=1S/C20H22ClN7O4S/c1-9(7-33-20-24-10-4-2-3-5-11(10)25-20)23-16-13-17(27-19(21)26-16)28(8-22-13)18-15(31)14(30)12(6-29)32-18/h2-5,8-9,12,14-15,18,29-31H,6-7H2,1H3,(H,24,25)(H,23,26,27)/t9-,12-,14?,15?,18-/m1/s1. The van der Waals surface area contributed by atoms with Crippen molar-refractivity contribution in [3.8, 4) is 0 Å². The van der Waals surface area contributed by atoms with Gasteiger partial charge in [-0.25, -0.2) is 9.97 Å². The normalized spacial score (nSPS) is 24.0. The zero-order valence-electron chi connectivity index (χ0n) is 17.5. The monoisotopic (exact) mass is 491 g/mol. The minimum Gasteiger partial charge on any atom is -0.394 e. The van der Waals surface area contributed by atoms with Crippen LogP contribution in [0.4, 0.5) is 5.82 Å². The Kier molecular flexibility index (Phi) is 6.12. The number of aromatic amines is 1. The third-order valence-electron chi connectivity index (χ3n) is 5.41. The molecule has 0 spiro atoms. The third kappa shape index (κ3) is 4.25. The van der Waals surface area contributed by atoms with E-state index in [0.29, 0.717) is 22.7 Å². The number of imidazole rings is 2. The molecule has 33 heavy (non-hydrogen) atoms. The topological polar surface area (TPSA) is 154 Å². The van der Waals surface area contributed by atoms with Gasteiger partial charge in [0.15, 0.2) is 28.4 Å². The summed E-state index contributed by atoms with van der Waals surface area (Å²) in [5, 5.41) is 33.9. The molecule has 5 rings (SSSR count). The number of rotatable bonds is 7. The number of aliphatic hydroxyl groups excluding tert-OH is 3. The van der Waals surface area contributed by atoms with Gasteiger partial charge in [0.2, 0.25) is 5.28 Å². The molecule has 1 aromatic carbocycles. The van der Waals surface area contributed by atoms with Crippen molar-refractivity contribution in [1.29, 1.82) is 0 Å². The summed E-state index contributed by atoms with van der Waals surface area (Å²) < 4.78 is 7.07. The number of para-hydroxylation sites is 2. The highest BCUT2D eigenvalue weighted by atomic mass is 35.5. The quantitative estimate of drug-likeness (QED) is 0.190. The van der Waals surface area contributed by atoms with E-state index in [9.17, 15) is 15.3 Å². The lowest BCUT2D eigenvalue weighted by Crippen LogP contribution is -2.33. The summed E-state index contributed by atoms with van der Waals surface area (Å²) in [6.07, 6.45) is -2.93. The number of aromatic nitrogens is 6. The van der Waals surface area contributed by atoms with Crippen LogP contribution in [0, 0.1) is 0 Å². The Morgan fingerprint density at radius 3 is 2.82 bits per heavy atom. The Bertz CT molecular complexity index is 1250. The van der Waals surface area contributed by atoms with E-state index in [1.807, 2.05) is 31.2 Å². The molecule has 174 valence electrons. The minimum atomic E-state index is -1.26. The molecular weight excluding hydrogens is 470 g/mol. The number of benzene rings is 1. The molecule has 0 bridgehead atoms. The first-order chi connectivity index (χ1) is 15.9. The van der Waals surface area contributed by atoms with Gasteiger partial charge in [0.05, 0.1) is 24.0 Å². The van der Waals surface area contributed by atoms with E-state index < -0.39 is 31.1 Å². The fourth-order valence-corrected chi connectivity index (χ4v) is 4.76. The van der Waals surface area contributed by atoms with E-state index in [1.54, 1.807) is 11.8 Å². The number of anilines is 1. The van der Waals surface area contributed by atoms with Gasteiger partial charge < -0.3 is 30.4 Å². The summed E-state index contributed by atoms with van der Waals surface area (Å²) in [5.74, 6) is 1.13. The molecule has 13 heteroatoms. The summed E-state index contributed by atoms with van der Waals surface area (Å²) in [5.41, 5.74) is 2.68. The van der Waals surface area contributed by atoms with Crippen molar-refractivity contribution in [2.75, 3.05) is 17.7 Å². The molecule has 11 nitrogen and oxygen atoms in total. The van der Waals surface area contributed by atoms with E-state index in [4.69, 9.17) is 16.3 Å². The van der Waals surface area contributed by atoms with Crippen molar-refractivity contribution < 1.29 is 20.1 Å². The smallest absolute Gasteiger partial charge is 0.226 e. The summed E-state index contributed by atoms with van der Waals surface area (Å²) in [6.45, 7) is 1.57. The Labute approximate surface area is 197 Å². The van der Waals surface area contributed by atoms with Gasteiger partial charge >= 0.3 is 0 Å². The number of hydrogen-bond donors (Lipinski definition) is 5. The molecule has 1 fully saturated rings. The highest BCUT2D eigenvalue weighted by Gasteiger charge is 2.44. The van der Waals surface area contributed by atoms with E-state index in [2.05, 4.69) is 30.2 Å². The number of nitrogens with zero attached hydrogens (tertiary/aromatic N) is 5. The van der Waals surface area contributed by atoms with Crippen molar-refractivity contribution in [1.82, 2.24) is 29.5 Å². The maximum Gasteiger partial charge on any atom is 0.226 e. The van der Waals surface area contributed by atoms with Crippen LogP contribution in [-0.2, 0) is 4.74 Å². The van der Waals surface area contributed by atoms with Crippen LogP contribution in [0.1, 0.15) is 13.2 Å². The summed E-state index contributed by atoms with van der Waals surface area (Å²) in [7, 11) is 0. The van der Waals surface area contributed by atoms with Gasteiger partial charge in [0.1, 0.15) is 18.3 Å². The van der Waals surface area contributed by atoms with E-state index >= 15 is 0 Å². The van der Waals surface area contributed by atoms with Crippen LogP contribution in [-0.4, -0.2) is 81.5 Å². The van der Waals surface area contributed by atoms with Crippen LogP contribution < -0.4 is 5.32 Å². The summed E-state index contributed by atoms with van der Waals surface area (Å²) >= 11 is 7.74. The predicted octanol–water partition coefficient (Wildman–Crippen LogP) is 1.56. The first kappa shape index (κ1) is 22.3. The van der Waals surface area contributed by atoms with Crippen LogP contribution in [0.3, 0.4) is 0 Å². The Hall–Kier alpha value is -2.48. The molecule has 1 aliphatic heterocycles. The van der Waals surface area contributed by atoms with Crippen LogP contribution >= 0.6 is 23.4 Å². The lowest BCUT2D eigenvalue weighted by Gasteiger charge is -2.17. The first-order valence-electron chi connectivity index (χ1n) is 10.3. The summed E-state index contributed by atoms with van der Waals surface area (Å²) in [6, 6.07) is 7.83. The number of nitrogens with one attached hydrogen (secondary N) is 2. The van der Waals surface area contributed by atoms with Crippen molar-refractivity contribution in [3.63, 3.8) is 0 Å². The number of halogens is 1. The van der Waals surface area contributed by atoms with Gasteiger partial charge in [0.25, 0.3) is 0 Å². The van der Waals surface area contributed by atoms with Gasteiger partial charge in [-0.05, 0) is 30.7 Å². The zero-order valence-corrected chi connectivity index (χ0v) is 19.0. The molecule has 0 saturated carbocycles. The number of H-pyrrole nitrogens is 1. The zero-order chi connectivity index (χ0) is 23.1. The third-order valence-corrected chi connectivity index (χ3v) is 6.71. The van der Waals surface area contributed by atoms with Crippen LogP contribution in [0.5, 0.6) is 0 Å². The second-order valence-corrected chi connectivity index (χ2v) is 9.16. The number of fused-ring (bicyclic) bond motifs is 2. The van der Waals surface area contributed by atoms with Gasteiger partial charge in [-0.15, -0.1) is 0 Å². The molecule has 5 atom stereocenters. The largest absolute Gasteiger partial charge is 0.394 e. The molecule has 3 aromatic heterocycles. The van der Waals surface area contributed by atoms with E-state index in [-0.39, 0.29) is 11.3 Å². The van der Waals surface area contributed by atoms with Gasteiger partial charge in [-0.1, -0.05) is 23.9 Å². The minimum absolute atomic E-state index is 0.00405. The maximum absolute atomic E-state index is 10.4. The van der Waals surface area contributed by atoms with E-state index in [0.717, 1.165) is 16.2 Å². The molecule has 5 N–H and O–H groups in total. The number of thioether (sulfide) groups is 1. The molecular formula is C20H22ClN7O4S. The molecule has 0 radical (unpaired) electrons. The van der Waals surface area contributed by atoms with Crippen molar-refractivity contribution >= 4 is 51.4 Å². The highest BCUT2D eigenvalue weighted by molar-refractivity contribution is 7.99. The molecule has 0 aliphatic carbocycles. The Morgan fingerprint density at radius 1 is 1.24 bits per heavy atom. The fraction of sp³-hybridized carbons (Fsp3) is 0.400. The summed E-state index contributed by atoms with van der Waals surface area (Å²) in [4.78, 5) is 20.7. The predicted molar refractivity (Wildman–Crippen MR) is 123 cm³/mol. The van der Waals surface area contributed by atoms with Gasteiger partial charge in [-0.3, -0.25) is 4.57 Å². The van der Waals surface area contributed by atoms with Crippen LogP contribution in [0.2, 0.25) is 5.28 Å². The molecule has 4 heterocycles. The van der Waals surface area contributed by atoms with Crippen molar-refractivity contribution in [2.45, 2.75) is 42.7 Å². The van der Waals surface area contributed by atoms with Gasteiger partial charge in [0, 0.05) is 11.8 Å². The average Bonchev–Trinajstić information content (AvgIpc) is 3.48. The molecule has 1 aliphatic rings. The van der Waals surface area contributed by atoms with Gasteiger partial charge in [-0.2, -0.15) is 9.97 Å². The molecule has 0 amide bonds. The second kappa shape index (κ2) is 9.05. The molecule has 2 unspecified atom stereocenters. The van der Waals surface area contributed by atoms with Crippen LogP contribution in [0.25, 0.3) is 22.2 Å². The second-order valence-electron chi connectivity index (χ2n) is 7.81. The van der Waals surface area contributed by atoms with Crippen LogP contribution in [0.15, 0.2) is 35.7 Å². The molecule has 1 saturated heterocycles. The van der Waals surface area contributed by atoms with E-state index in [1.165, 1.54) is 10.9 Å². The lowest BCUT2D eigenvalue weighted by molar-refractivity contribution is -0.0511. The number of aliphatic hydroxyl groups is 3. The Balaban J connectivity index is 1.34.